The predicted molar refractivity (Wildman–Crippen MR) is 59.7 cm³/mol. The molecule has 0 aromatic heterocycles. The molecule has 1 N–H and O–H groups in total. The van der Waals surface area contributed by atoms with Crippen LogP contribution in [0.5, 0.6) is 0 Å². The van der Waals surface area contributed by atoms with Gasteiger partial charge in [-0.2, -0.15) is 0 Å². The van der Waals surface area contributed by atoms with E-state index in [4.69, 9.17) is 11.5 Å². The summed E-state index contributed by atoms with van der Waals surface area (Å²) in [5.74, 6) is 0.0256. The quantitative estimate of drug-likeness (QED) is 0.797. The normalized spacial score (nSPS) is 9.71. The molecule has 0 fully saturated rings. The first-order valence-electron chi connectivity index (χ1n) is 4.90. The lowest BCUT2D eigenvalue weighted by Crippen LogP contribution is -2.27. The average molecular weight is 239 g/mol. The van der Waals surface area contributed by atoms with Crippen LogP contribution >= 0.6 is 0 Å². The first-order valence-corrected chi connectivity index (χ1v) is 4.90. The zero-order valence-corrected chi connectivity index (χ0v) is 8.99. The molecule has 0 aliphatic heterocycles. The molecule has 0 saturated carbocycles. The molecule has 0 spiro atoms. The van der Waals surface area contributed by atoms with Crippen LogP contribution in [0.3, 0.4) is 0 Å². The second kappa shape index (κ2) is 5.85. The van der Waals surface area contributed by atoms with Crippen molar-refractivity contribution in [3.8, 4) is 12.3 Å². The van der Waals surface area contributed by atoms with Gasteiger partial charge in [0.25, 0.3) is 0 Å². The van der Waals surface area contributed by atoms with Crippen molar-refractivity contribution in [2.75, 3.05) is 18.0 Å². The monoisotopic (exact) mass is 239 g/mol. The van der Waals surface area contributed by atoms with Crippen molar-refractivity contribution in [3.63, 3.8) is 0 Å². The third-order valence-corrected chi connectivity index (χ3v) is 2.13. The van der Waals surface area contributed by atoms with Crippen LogP contribution in [0, 0.1) is 24.0 Å². The maximum atomic E-state index is 13.4. The highest BCUT2D eigenvalue weighted by atomic mass is 19.1. The summed E-state index contributed by atoms with van der Waals surface area (Å²) in [5, 5.41) is 8.56. The highest BCUT2D eigenvalue weighted by Gasteiger charge is 2.13. The second-order valence-corrected chi connectivity index (χ2v) is 3.37. The van der Waals surface area contributed by atoms with Gasteiger partial charge in [0.05, 0.1) is 18.7 Å². The molecule has 3 nitrogen and oxygen atoms in total. The van der Waals surface area contributed by atoms with Gasteiger partial charge in [0.2, 0.25) is 0 Å². The molecular weight excluding hydrogens is 228 g/mol. The topological polar surface area (TPSA) is 40.5 Å². The van der Waals surface area contributed by atoms with E-state index in [1.165, 1.54) is 4.90 Å². The Hall–Kier alpha value is -2.09. The van der Waals surface area contributed by atoms with Crippen LogP contribution < -0.4 is 4.90 Å². The van der Waals surface area contributed by atoms with E-state index in [1.54, 1.807) is 0 Å². The molecule has 0 radical (unpaired) electrons. The zero-order valence-electron chi connectivity index (χ0n) is 8.99. The summed E-state index contributed by atoms with van der Waals surface area (Å²) in [6.45, 7) is 0.0492. The first-order chi connectivity index (χ1) is 8.04. The fourth-order valence-electron chi connectivity index (χ4n) is 1.35. The maximum Gasteiger partial charge on any atom is 0.305 e. The molecule has 0 saturated heterocycles. The van der Waals surface area contributed by atoms with E-state index < -0.39 is 17.6 Å². The molecule has 5 heteroatoms. The Morgan fingerprint density at radius 2 is 2.18 bits per heavy atom. The van der Waals surface area contributed by atoms with Gasteiger partial charge in [0.15, 0.2) is 0 Å². The van der Waals surface area contributed by atoms with Crippen LogP contribution in [0.1, 0.15) is 6.42 Å². The van der Waals surface area contributed by atoms with Crippen LogP contribution in [0.25, 0.3) is 0 Å². The van der Waals surface area contributed by atoms with Crippen molar-refractivity contribution >= 4 is 11.7 Å². The Morgan fingerprint density at radius 1 is 1.47 bits per heavy atom. The molecule has 90 valence electrons. The lowest BCUT2D eigenvalue weighted by atomic mass is 10.2. The Kier molecular flexibility index (Phi) is 4.46. The number of nitrogens with zero attached hydrogens (tertiary/aromatic N) is 1. The van der Waals surface area contributed by atoms with Gasteiger partial charge < -0.3 is 10.0 Å². The van der Waals surface area contributed by atoms with E-state index in [9.17, 15) is 13.6 Å². The molecule has 1 aromatic rings. The summed E-state index contributed by atoms with van der Waals surface area (Å²) in [7, 11) is 0. The van der Waals surface area contributed by atoms with E-state index in [0.29, 0.717) is 0 Å². The van der Waals surface area contributed by atoms with Crippen molar-refractivity contribution in [2.24, 2.45) is 0 Å². The zero-order chi connectivity index (χ0) is 12.8. The first kappa shape index (κ1) is 13.0. The molecule has 0 aliphatic carbocycles. The minimum absolute atomic E-state index is 0.0215. The molecule has 0 aliphatic rings. The highest BCUT2D eigenvalue weighted by molar-refractivity contribution is 5.67. The summed E-state index contributed by atoms with van der Waals surface area (Å²) < 4.78 is 26.4. The molecule has 1 rings (SSSR count). The van der Waals surface area contributed by atoms with Gasteiger partial charge in [-0.3, -0.25) is 4.79 Å². The number of benzene rings is 1. The summed E-state index contributed by atoms with van der Waals surface area (Å²) in [5.41, 5.74) is -0.0239. The van der Waals surface area contributed by atoms with Crippen molar-refractivity contribution in [2.45, 2.75) is 6.42 Å². The van der Waals surface area contributed by atoms with Crippen molar-refractivity contribution in [1.82, 2.24) is 0 Å². The van der Waals surface area contributed by atoms with Gasteiger partial charge in [-0.1, -0.05) is 5.92 Å². The third kappa shape index (κ3) is 3.76. The van der Waals surface area contributed by atoms with Crippen molar-refractivity contribution in [1.29, 1.82) is 0 Å². The number of aliphatic carboxylic acids is 1. The lowest BCUT2D eigenvalue weighted by molar-refractivity contribution is -0.136. The number of rotatable bonds is 5. The molecular formula is C12H11F2NO2. The Bertz CT molecular complexity index is 454. The lowest BCUT2D eigenvalue weighted by Gasteiger charge is -2.22. The summed E-state index contributed by atoms with van der Waals surface area (Å²) >= 11 is 0. The molecule has 17 heavy (non-hydrogen) atoms. The number of hydrogen-bond acceptors (Lipinski definition) is 2. The molecule has 0 unspecified atom stereocenters. The highest BCUT2D eigenvalue weighted by Crippen LogP contribution is 2.20. The molecule has 0 heterocycles. The largest absolute Gasteiger partial charge is 0.481 e. The summed E-state index contributed by atoms with van der Waals surface area (Å²) in [6.07, 6.45) is 4.91. The molecule has 0 bridgehead atoms. The smallest absolute Gasteiger partial charge is 0.305 e. The van der Waals surface area contributed by atoms with E-state index in [-0.39, 0.29) is 25.2 Å². The molecule has 1 aromatic carbocycles. The van der Waals surface area contributed by atoms with Crippen molar-refractivity contribution < 1.29 is 18.7 Å². The second-order valence-electron chi connectivity index (χ2n) is 3.37. The van der Waals surface area contributed by atoms with Crippen LogP contribution in [0.2, 0.25) is 0 Å². The molecule has 0 atom stereocenters. The summed E-state index contributed by atoms with van der Waals surface area (Å²) in [4.78, 5) is 11.8. The van der Waals surface area contributed by atoms with E-state index >= 15 is 0 Å². The van der Waals surface area contributed by atoms with Gasteiger partial charge in [-0.15, -0.1) is 6.42 Å². The van der Waals surface area contributed by atoms with Gasteiger partial charge in [0.1, 0.15) is 11.6 Å². The minimum Gasteiger partial charge on any atom is -0.481 e. The number of terminal acetylenes is 1. The maximum absolute atomic E-state index is 13.4. The van der Waals surface area contributed by atoms with Crippen molar-refractivity contribution in [3.05, 3.63) is 29.8 Å². The van der Waals surface area contributed by atoms with Crippen LogP contribution in [-0.4, -0.2) is 24.2 Å². The van der Waals surface area contributed by atoms with E-state index in [2.05, 4.69) is 5.92 Å². The van der Waals surface area contributed by atoms with Gasteiger partial charge >= 0.3 is 5.97 Å². The van der Waals surface area contributed by atoms with E-state index in [1.807, 2.05) is 0 Å². The fourth-order valence-corrected chi connectivity index (χ4v) is 1.35. The molecule has 0 amide bonds. The Morgan fingerprint density at radius 3 is 2.76 bits per heavy atom. The number of carbonyl (C=O) groups is 1. The minimum atomic E-state index is -1.02. The van der Waals surface area contributed by atoms with Gasteiger partial charge in [-0.05, 0) is 12.1 Å². The number of anilines is 1. The Labute approximate surface area is 97.7 Å². The SMILES string of the molecule is C#CCN(CCC(=O)O)c1cc(F)ccc1F. The van der Waals surface area contributed by atoms with Crippen LogP contribution in [0.15, 0.2) is 18.2 Å². The van der Waals surface area contributed by atoms with Gasteiger partial charge in [-0.25, -0.2) is 8.78 Å². The Balaban J connectivity index is 2.92. The summed E-state index contributed by atoms with van der Waals surface area (Å²) in [6, 6.07) is 2.97. The number of halogens is 2. The van der Waals surface area contributed by atoms with Gasteiger partial charge in [0, 0.05) is 12.6 Å². The average Bonchev–Trinajstić information content (AvgIpc) is 2.27. The number of hydrogen-bond donors (Lipinski definition) is 1. The third-order valence-electron chi connectivity index (χ3n) is 2.13. The van der Waals surface area contributed by atoms with E-state index in [0.717, 1.165) is 18.2 Å². The van der Waals surface area contributed by atoms with Crippen LogP contribution in [0.4, 0.5) is 14.5 Å². The fraction of sp³-hybridized carbons (Fsp3) is 0.250. The number of carboxylic acids is 1. The predicted octanol–water partition coefficient (Wildman–Crippen LogP) is 1.88. The number of carboxylic acid groups (broad SMARTS) is 1. The van der Waals surface area contributed by atoms with Crippen LogP contribution in [-0.2, 0) is 4.79 Å². The standard InChI is InChI=1S/C12H11F2NO2/c1-2-6-15(7-5-12(16)17)11-8-9(13)3-4-10(11)14/h1,3-4,8H,5-7H2,(H,16,17).